The number of anilines is 1. The van der Waals surface area contributed by atoms with E-state index in [0.717, 1.165) is 25.3 Å². The van der Waals surface area contributed by atoms with E-state index in [1.807, 2.05) is 0 Å². The molecule has 1 saturated heterocycles. The molecule has 0 bridgehead atoms. The fraction of sp³-hybridized carbons (Fsp3) is 0.647. The van der Waals surface area contributed by atoms with Gasteiger partial charge in [0.25, 0.3) is 0 Å². The summed E-state index contributed by atoms with van der Waals surface area (Å²) in [6.07, 6.45) is 6.25. The molecule has 0 aromatic heterocycles. The number of nitrogens with zero attached hydrogens (tertiary/aromatic N) is 1. The largest absolute Gasteiger partial charge is 0.492 e. The second-order valence-electron chi connectivity index (χ2n) is 6.51. The summed E-state index contributed by atoms with van der Waals surface area (Å²) in [6.45, 7) is 5.39. The number of fused-ring (bicyclic) bond motifs is 1. The molecule has 2 aliphatic rings. The Bertz CT molecular complexity index is 474. The number of piperidine rings is 1. The van der Waals surface area contributed by atoms with Crippen molar-refractivity contribution in [3.63, 3.8) is 0 Å². The molecule has 0 radical (unpaired) electrons. The zero-order valence-corrected chi connectivity index (χ0v) is 12.7. The number of likely N-dealkylation sites (N-methyl/N-ethyl adjacent to an activating group) is 1. The highest BCUT2D eigenvalue weighted by molar-refractivity contribution is 5.55. The van der Waals surface area contributed by atoms with E-state index in [1.54, 1.807) is 0 Å². The predicted molar refractivity (Wildman–Crippen MR) is 83.6 cm³/mol. The van der Waals surface area contributed by atoms with E-state index in [2.05, 4.69) is 42.4 Å². The molecule has 1 atom stereocenters. The van der Waals surface area contributed by atoms with E-state index < -0.39 is 0 Å². The standard InChI is InChI=1S/C17H26N2O/c1-17(9-3-4-11-19(17)2)13-20-15-7-8-16-14(12-15)6-5-10-18-16/h7-8,12,18H,3-6,9-11,13H2,1-2H3. The van der Waals surface area contributed by atoms with Crippen LogP contribution in [0.2, 0.25) is 0 Å². The predicted octanol–water partition coefficient (Wildman–Crippen LogP) is 3.30. The van der Waals surface area contributed by atoms with Crippen molar-refractivity contribution in [2.45, 2.75) is 44.6 Å². The van der Waals surface area contributed by atoms with Gasteiger partial charge in [0.05, 0.1) is 5.54 Å². The topological polar surface area (TPSA) is 24.5 Å². The third kappa shape index (κ3) is 2.78. The van der Waals surface area contributed by atoms with Gasteiger partial charge in [0.15, 0.2) is 0 Å². The van der Waals surface area contributed by atoms with Crippen molar-refractivity contribution in [3.8, 4) is 5.75 Å². The molecule has 1 fully saturated rings. The fourth-order valence-electron chi connectivity index (χ4n) is 3.28. The molecule has 20 heavy (non-hydrogen) atoms. The molecule has 0 saturated carbocycles. The van der Waals surface area contributed by atoms with Gasteiger partial charge in [0, 0.05) is 12.2 Å². The Morgan fingerprint density at radius 2 is 2.20 bits per heavy atom. The smallest absolute Gasteiger partial charge is 0.119 e. The number of benzene rings is 1. The van der Waals surface area contributed by atoms with E-state index in [4.69, 9.17) is 4.74 Å². The van der Waals surface area contributed by atoms with Crippen LogP contribution in [0.25, 0.3) is 0 Å². The number of rotatable bonds is 3. The second kappa shape index (κ2) is 5.65. The van der Waals surface area contributed by atoms with Crippen LogP contribution in [-0.4, -0.2) is 37.2 Å². The fourth-order valence-corrected chi connectivity index (χ4v) is 3.28. The second-order valence-corrected chi connectivity index (χ2v) is 6.51. The molecule has 2 aliphatic heterocycles. The van der Waals surface area contributed by atoms with Crippen molar-refractivity contribution in [1.29, 1.82) is 0 Å². The Kier molecular flexibility index (Phi) is 3.88. The van der Waals surface area contributed by atoms with Crippen molar-refractivity contribution in [2.24, 2.45) is 0 Å². The van der Waals surface area contributed by atoms with Crippen LogP contribution in [0.4, 0.5) is 5.69 Å². The molecule has 3 heteroatoms. The lowest BCUT2D eigenvalue weighted by Crippen LogP contribution is -2.51. The SMILES string of the molecule is CN1CCCCC1(C)COc1ccc2c(c1)CCCN2. The zero-order chi connectivity index (χ0) is 14.0. The van der Waals surface area contributed by atoms with Crippen LogP contribution in [0.1, 0.15) is 38.2 Å². The molecule has 1 aromatic carbocycles. The third-order valence-corrected chi connectivity index (χ3v) is 4.95. The summed E-state index contributed by atoms with van der Waals surface area (Å²) >= 11 is 0. The van der Waals surface area contributed by atoms with E-state index in [1.165, 1.54) is 43.5 Å². The first-order valence-electron chi connectivity index (χ1n) is 7.88. The Labute approximate surface area is 122 Å². The van der Waals surface area contributed by atoms with Gasteiger partial charge in [-0.3, -0.25) is 4.90 Å². The van der Waals surface area contributed by atoms with Gasteiger partial charge in [-0.2, -0.15) is 0 Å². The van der Waals surface area contributed by atoms with Crippen LogP contribution in [0, 0.1) is 0 Å². The third-order valence-electron chi connectivity index (χ3n) is 4.95. The highest BCUT2D eigenvalue weighted by atomic mass is 16.5. The van der Waals surface area contributed by atoms with Gasteiger partial charge in [-0.15, -0.1) is 0 Å². The maximum atomic E-state index is 6.12. The maximum absolute atomic E-state index is 6.12. The summed E-state index contributed by atoms with van der Waals surface area (Å²) in [5.41, 5.74) is 2.87. The maximum Gasteiger partial charge on any atom is 0.119 e. The Hall–Kier alpha value is -1.22. The lowest BCUT2D eigenvalue weighted by molar-refractivity contribution is 0.0420. The molecule has 1 unspecified atom stereocenters. The average molecular weight is 274 g/mol. The minimum Gasteiger partial charge on any atom is -0.492 e. The minimum atomic E-state index is 0.187. The number of likely N-dealkylation sites (tertiary alicyclic amines) is 1. The normalized spacial score (nSPS) is 26.7. The minimum absolute atomic E-state index is 0.187. The van der Waals surface area contributed by atoms with Crippen LogP contribution in [0.5, 0.6) is 5.75 Å². The van der Waals surface area contributed by atoms with Gasteiger partial charge in [0.1, 0.15) is 12.4 Å². The first kappa shape index (κ1) is 13.7. The van der Waals surface area contributed by atoms with Gasteiger partial charge in [0.2, 0.25) is 0 Å². The molecular weight excluding hydrogens is 248 g/mol. The Morgan fingerprint density at radius 3 is 3.05 bits per heavy atom. The molecule has 1 N–H and O–H groups in total. The number of nitrogens with one attached hydrogen (secondary N) is 1. The molecule has 2 heterocycles. The van der Waals surface area contributed by atoms with Crippen LogP contribution in [-0.2, 0) is 6.42 Å². The number of ether oxygens (including phenoxy) is 1. The summed E-state index contributed by atoms with van der Waals surface area (Å²) in [4.78, 5) is 2.45. The average Bonchev–Trinajstić information content (AvgIpc) is 2.48. The molecule has 3 rings (SSSR count). The van der Waals surface area contributed by atoms with Gasteiger partial charge in [-0.05, 0) is 70.0 Å². The van der Waals surface area contributed by atoms with E-state index in [-0.39, 0.29) is 5.54 Å². The number of hydrogen-bond donors (Lipinski definition) is 1. The molecule has 0 aliphatic carbocycles. The number of aryl methyl sites for hydroxylation is 1. The van der Waals surface area contributed by atoms with Crippen molar-refractivity contribution in [3.05, 3.63) is 23.8 Å². The van der Waals surface area contributed by atoms with Crippen LogP contribution in [0.15, 0.2) is 18.2 Å². The molecule has 110 valence electrons. The molecule has 0 spiro atoms. The monoisotopic (exact) mass is 274 g/mol. The Morgan fingerprint density at radius 1 is 1.30 bits per heavy atom. The summed E-state index contributed by atoms with van der Waals surface area (Å²) in [5, 5.41) is 3.45. The molecule has 1 aromatic rings. The molecule has 0 amide bonds. The lowest BCUT2D eigenvalue weighted by atomic mass is 9.90. The van der Waals surface area contributed by atoms with Crippen LogP contribution >= 0.6 is 0 Å². The van der Waals surface area contributed by atoms with E-state index in [9.17, 15) is 0 Å². The Balaban J connectivity index is 1.66. The van der Waals surface area contributed by atoms with Crippen LogP contribution in [0.3, 0.4) is 0 Å². The lowest BCUT2D eigenvalue weighted by Gasteiger charge is -2.42. The van der Waals surface area contributed by atoms with Crippen molar-refractivity contribution >= 4 is 5.69 Å². The van der Waals surface area contributed by atoms with Crippen molar-refractivity contribution in [1.82, 2.24) is 4.90 Å². The zero-order valence-electron chi connectivity index (χ0n) is 12.7. The molecular formula is C17H26N2O. The van der Waals surface area contributed by atoms with Crippen molar-refractivity contribution < 1.29 is 4.74 Å². The summed E-state index contributed by atoms with van der Waals surface area (Å²) in [6, 6.07) is 6.48. The highest BCUT2D eigenvalue weighted by Gasteiger charge is 2.32. The summed E-state index contributed by atoms with van der Waals surface area (Å²) in [7, 11) is 2.22. The van der Waals surface area contributed by atoms with Crippen LogP contribution < -0.4 is 10.1 Å². The summed E-state index contributed by atoms with van der Waals surface area (Å²) in [5.74, 6) is 1.02. The van der Waals surface area contributed by atoms with E-state index >= 15 is 0 Å². The van der Waals surface area contributed by atoms with Gasteiger partial charge in [-0.25, -0.2) is 0 Å². The first-order chi connectivity index (χ1) is 9.67. The van der Waals surface area contributed by atoms with Crippen molar-refractivity contribution in [2.75, 3.05) is 32.1 Å². The highest BCUT2D eigenvalue weighted by Crippen LogP contribution is 2.30. The molecule has 3 nitrogen and oxygen atoms in total. The van der Waals surface area contributed by atoms with E-state index in [0.29, 0.717) is 0 Å². The first-order valence-corrected chi connectivity index (χ1v) is 7.88. The van der Waals surface area contributed by atoms with Gasteiger partial charge < -0.3 is 10.1 Å². The van der Waals surface area contributed by atoms with Gasteiger partial charge in [-0.1, -0.05) is 6.42 Å². The van der Waals surface area contributed by atoms with Gasteiger partial charge >= 0.3 is 0 Å². The quantitative estimate of drug-likeness (QED) is 0.915. The summed E-state index contributed by atoms with van der Waals surface area (Å²) < 4.78 is 6.12. The number of hydrogen-bond acceptors (Lipinski definition) is 3.